The van der Waals surface area contributed by atoms with Gasteiger partial charge in [0.15, 0.2) is 0 Å². The fourth-order valence-corrected chi connectivity index (χ4v) is 3.52. The van der Waals surface area contributed by atoms with Crippen LogP contribution in [-0.4, -0.2) is 5.84 Å². The van der Waals surface area contributed by atoms with Crippen molar-refractivity contribution in [2.24, 2.45) is 11.5 Å². The number of nitrogens with one attached hydrogen (secondary N) is 1. The van der Waals surface area contributed by atoms with Gasteiger partial charge in [-0.2, -0.15) is 0 Å². The molecule has 0 unspecified atom stereocenters. The van der Waals surface area contributed by atoms with Crippen molar-refractivity contribution in [1.82, 2.24) is 0 Å². The van der Waals surface area contributed by atoms with Crippen molar-refractivity contribution in [2.45, 2.75) is 13.2 Å². The van der Waals surface area contributed by atoms with Gasteiger partial charge >= 0.3 is 0 Å². The first-order valence-corrected chi connectivity index (χ1v) is 10.3. The predicted octanol–water partition coefficient (Wildman–Crippen LogP) is 5.21. The van der Waals surface area contributed by atoms with Crippen LogP contribution in [0.3, 0.4) is 0 Å². The number of fused-ring (bicyclic) bond motifs is 1. The molecule has 4 aromatic carbocycles. The van der Waals surface area contributed by atoms with Gasteiger partial charge in [0.1, 0.15) is 30.5 Å². The molecule has 0 aliphatic heterocycles. The number of nitrogens with two attached hydrogens (primary N) is 2. The van der Waals surface area contributed by atoms with E-state index in [0.717, 1.165) is 39.0 Å². The zero-order valence-electron chi connectivity index (χ0n) is 17.7. The predicted molar refractivity (Wildman–Crippen MR) is 130 cm³/mol. The van der Waals surface area contributed by atoms with Gasteiger partial charge in [-0.25, -0.2) is 0 Å². The van der Waals surface area contributed by atoms with E-state index < -0.39 is 0 Å². The largest absolute Gasteiger partial charge is 0.488 e. The summed E-state index contributed by atoms with van der Waals surface area (Å²) in [5, 5.41) is 9.55. The van der Waals surface area contributed by atoms with E-state index in [9.17, 15) is 0 Å². The Kier molecular flexibility index (Phi) is 6.08. The Balaban J connectivity index is 1.53. The molecule has 0 saturated heterocycles. The van der Waals surface area contributed by atoms with E-state index in [4.69, 9.17) is 26.4 Å². The minimum atomic E-state index is 0.0418. The average Bonchev–Trinajstić information content (AvgIpc) is 2.81. The van der Waals surface area contributed by atoms with E-state index >= 15 is 0 Å². The smallest absolute Gasteiger partial charge is 0.127 e. The van der Waals surface area contributed by atoms with E-state index in [1.807, 2.05) is 84.9 Å². The number of amidine groups is 1. The topological polar surface area (TPSA) is 94.4 Å². The molecule has 0 amide bonds. The second kappa shape index (κ2) is 9.27. The van der Waals surface area contributed by atoms with Gasteiger partial charge in [0.2, 0.25) is 0 Å². The highest BCUT2D eigenvalue weighted by Gasteiger charge is 2.08. The summed E-state index contributed by atoms with van der Waals surface area (Å²) in [5.41, 5.74) is 15.5. The van der Waals surface area contributed by atoms with E-state index in [-0.39, 0.29) is 5.84 Å². The fraction of sp³-hybridized carbons (Fsp3) is 0.0741. The Morgan fingerprint density at radius 1 is 0.688 bits per heavy atom. The van der Waals surface area contributed by atoms with E-state index in [0.29, 0.717) is 24.5 Å². The average molecular weight is 424 g/mol. The summed E-state index contributed by atoms with van der Waals surface area (Å²) in [7, 11) is 0. The molecule has 0 heterocycles. The van der Waals surface area contributed by atoms with E-state index in [1.165, 1.54) is 0 Å². The Morgan fingerprint density at radius 3 is 1.66 bits per heavy atom. The standard InChI is InChI=1S/C27H25N3O2/c1-18(28)21-8-2-6-19(14-21)16-31-25-12-4-11-24-23(25)10-5-13-26(24)32-17-20-7-3-9-22(15-20)27(29)30/h2-15H,1,16-17,28H2,(H3,29,30). The first-order valence-electron chi connectivity index (χ1n) is 10.3. The molecule has 0 radical (unpaired) electrons. The summed E-state index contributed by atoms with van der Waals surface area (Å²) in [6.45, 7) is 4.59. The molecule has 5 nitrogen and oxygen atoms in total. The number of benzene rings is 4. The lowest BCUT2D eigenvalue weighted by Crippen LogP contribution is -2.11. The fourth-order valence-electron chi connectivity index (χ4n) is 3.52. The summed E-state index contributed by atoms with van der Waals surface area (Å²) in [5.74, 6) is 1.59. The van der Waals surface area contributed by atoms with Crippen molar-refractivity contribution in [3.63, 3.8) is 0 Å². The molecule has 4 aromatic rings. The van der Waals surface area contributed by atoms with Crippen LogP contribution in [0, 0.1) is 5.41 Å². The minimum Gasteiger partial charge on any atom is -0.488 e. The van der Waals surface area contributed by atoms with Crippen molar-refractivity contribution in [1.29, 1.82) is 5.41 Å². The lowest BCUT2D eigenvalue weighted by molar-refractivity contribution is 0.306. The summed E-state index contributed by atoms with van der Waals surface area (Å²) >= 11 is 0. The van der Waals surface area contributed by atoms with Gasteiger partial charge in [-0.1, -0.05) is 67.2 Å². The normalized spacial score (nSPS) is 10.6. The second-order valence-electron chi connectivity index (χ2n) is 7.52. The third-order valence-corrected chi connectivity index (χ3v) is 5.17. The van der Waals surface area contributed by atoms with Gasteiger partial charge in [0.05, 0.1) is 0 Å². The van der Waals surface area contributed by atoms with Gasteiger partial charge in [-0.05, 0) is 41.0 Å². The van der Waals surface area contributed by atoms with Crippen LogP contribution >= 0.6 is 0 Å². The third kappa shape index (κ3) is 4.73. The maximum Gasteiger partial charge on any atom is 0.127 e. The van der Waals surface area contributed by atoms with Crippen LogP contribution in [0.1, 0.15) is 22.3 Å². The molecule has 0 saturated carbocycles. The number of hydrogen-bond donors (Lipinski definition) is 3. The molecule has 0 aliphatic carbocycles. The number of hydrogen-bond acceptors (Lipinski definition) is 4. The maximum atomic E-state index is 7.61. The first-order chi connectivity index (χ1) is 15.5. The Morgan fingerprint density at radius 2 is 1.16 bits per heavy atom. The van der Waals surface area contributed by atoms with Gasteiger partial charge in [-0.3, -0.25) is 5.41 Å². The van der Waals surface area contributed by atoms with Crippen LogP contribution < -0.4 is 20.9 Å². The van der Waals surface area contributed by atoms with Gasteiger partial charge in [-0.15, -0.1) is 0 Å². The van der Waals surface area contributed by atoms with Gasteiger partial charge in [0, 0.05) is 22.0 Å². The molecule has 0 bridgehead atoms. The Hall–Kier alpha value is -4.25. The summed E-state index contributed by atoms with van der Waals surface area (Å²) in [6.07, 6.45) is 0. The lowest BCUT2D eigenvalue weighted by atomic mass is 10.1. The van der Waals surface area contributed by atoms with Crippen LogP contribution in [0.4, 0.5) is 0 Å². The quantitative estimate of drug-likeness (QED) is 0.268. The molecule has 0 fully saturated rings. The van der Waals surface area contributed by atoms with Crippen LogP contribution in [0.5, 0.6) is 11.5 Å². The Bertz CT molecular complexity index is 1200. The van der Waals surface area contributed by atoms with Crippen LogP contribution in [0.25, 0.3) is 16.5 Å². The van der Waals surface area contributed by atoms with Crippen molar-refractivity contribution in [2.75, 3.05) is 0 Å². The SMILES string of the molecule is C=C(N)c1cccc(COc2cccc3c(OCc4cccc(C(=N)N)c4)cccc23)c1. The second-order valence-corrected chi connectivity index (χ2v) is 7.52. The highest BCUT2D eigenvalue weighted by atomic mass is 16.5. The maximum absolute atomic E-state index is 7.61. The van der Waals surface area contributed by atoms with Crippen LogP contribution in [0.2, 0.25) is 0 Å². The zero-order valence-corrected chi connectivity index (χ0v) is 17.7. The van der Waals surface area contributed by atoms with E-state index in [2.05, 4.69) is 6.58 Å². The third-order valence-electron chi connectivity index (χ3n) is 5.17. The lowest BCUT2D eigenvalue weighted by Gasteiger charge is -2.14. The molecule has 0 spiro atoms. The molecule has 0 aliphatic rings. The van der Waals surface area contributed by atoms with Crippen LogP contribution in [0.15, 0.2) is 91.5 Å². The molecular formula is C27H25N3O2. The monoisotopic (exact) mass is 423 g/mol. The molecule has 160 valence electrons. The molecule has 4 rings (SSSR count). The molecule has 0 aromatic heterocycles. The Labute approximate surface area is 187 Å². The molecular weight excluding hydrogens is 398 g/mol. The van der Waals surface area contributed by atoms with Crippen molar-refractivity contribution in [3.05, 3.63) is 114 Å². The van der Waals surface area contributed by atoms with E-state index in [1.54, 1.807) is 0 Å². The van der Waals surface area contributed by atoms with Crippen molar-refractivity contribution < 1.29 is 9.47 Å². The summed E-state index contributed by atoms with van der Waals surface area (Å²) in [6, 6.07) is 27.2. The zero-order chi connectivity index (χ0) is 22.5. The molecule has 5 heteroatoms. The highest BCUT2D eigenvalue weighted by molar-refractivity contribution is 5.95. The first kappa shape index (κ1) is 21.0. The molecule has 32 heavy (non-hydrogen) atoms. The number of ether oxygens (including phenoxy) is 2. The molecule has 5 N–H and O–H groups in total. The summed E-state index contributed by atoms with van der Waals surface area (Å²) in [4.78, 5) is 0. The van der Waals surface area contributed by atoms with Crippen molar-refractivity contribution >= 4 is 22.3 Å². The van der Waals surface area contributed by atoms with Gasteiger partial charge < -0.3 is 20.9 Å². The minimum absolute atomic E-state index is 0.0418. The summed E-state index contributed by atoms with van der Waals surface area (Å²) < 4.78 is 12.2. The van der Waals surface area contributed by atoms with Gasteiger partial charge in [0.25, 0.3) is 0 Å². The highest BCUT2D eigenvalue weighted by Crippen LogP contribution is 2.33. The number of rotatable bonds is 8. The van der Waals surface area contributed by atoms with Crippen molar-refractivity contribution in [3.8, 4) is 11.5 Å². The van der Waals surface area contributed by atoms with Crippen LogP contribution in [-0.2, 0) is 13.2 Å². The molecule has 0 atom stereocenters. The number of nitrogen functional groups attached to an aromatic ring is 1.